The lowest BCUT2D eigenvalue weighted by Crippen LogP contribution is -2.44. The highest BCUT2D eigenvalue weighted by atomic mass is 19.1. The van der Waals surface area contributed by atoms with Crippen molar-refractivity contribution in [2.24, 2.45) is 11.1 Å². The molecule has 2 aliphatic rings. The molecule has 3 aromatic carbocycles. The van der Waals surface area contributed by atoms with E-state index in [2.05, 4.69) is 11.5 Å². The normalized spacial score (nSPS) is 17.6. The Kier molecular flexibility index (Phi) is 7.54. The molecule has 228 valence electrons. The number of methoxy groups -OCH3 is 1. The molecule has 0 amide bonds. The molecule has 1 aliphatic heterocycles. The molecule has 0 saturated carbocycles. The third kappa shape index (κ3) is 5.49. The maximum absolute atomic E-state index is 14.3. The van der Waals surface area contributed by atoms with Gasteiger partial charge in [0.05, 0.1) is 53.0 Å². The highest BCUT2D eigenvalue weighted by molar-refractivity contribution is 6.00. The second-order valence-electron chi connectivity index (χ2n) is 11.9. The Morgan fingerprint density at radius 2 is 1.78 bits per heavy atom. The predicted molar refractivity (Wildman–Crippen MR) is 168 cm³/mol. The van der Waals surface area contributed by atoms with Crippen LogP contribution in [0.3, 0.4) is 0 Å². The molecule has 0 saturated heterocycles. The molecule has 3 N–H and O–H groups in total. The van der Waals surface area contributed by atoms with Crippen LogP contribution in [0.4, 0.5) is 10.1 Å². The number of nitrogens with one attached hydrogen (secondary N) is 1. The molecule has 0 radical (unpaired) electrons. The highest BCUT2D eigenvalue weighted by Gasteiger charge is 2.47. The average Bonchev–Trinajstić information content (AvgIpc) is 3.33. The number of benzene rings is 3. The number of nitrogens with two attached hydrogens (primary N) is 1. The second-order valence-corrected chi connectivity index (χ2v) is 11.9. The molecule has 1 atom stereocenters. The topological polar surface area (TPSA) is 118 Å². The van der Waals surface area contributed by atoms with E-state index in [1.54, 1.807) is 35.9 Å². The number of carbonyl (C=O) groups is 1. The van der Waals surface area contributed by atoms with Crippen LogP contribution in [0.15, 0.2) is 102 Å². The number of allylic oxidation sites excluding steroid dienone is 3. The van der Waals surface area contributed by atoms with Crippen LogP contribution in [0, 0.1) is 29.5 Å². The zero-order valence-electron chi connectivity index (χ0n) is 25.5. The van der Waals surface area contributed by atoms with Gasteiger partial charge in [0.15, 0.2) is 5.78 Å². The fourth-order valence-electron chi connectivity index (χ4n) is 6.05. The summed E-state index contributed by atoms with van der Waals surface area (Å²) in [6.45, 7) is 5.87. The Hall–Kier alpha value is -5.56. The first-order chi connectivity index (χ1) is 21.6. The number of aryl methyl sites for hydroxylation is 1. The van der Waals surface area contributed by atoms with Crippen LogP contribution in [-0.2, 0) is 4.79 Å². The summed E-state index contributed by atoms with van der Waals surface area (Å²) in [7, 11) is 1.59. The lowest BCUT2D eigenvalue weighted by Gasteiger charge is -2.43. The van der Waals surface area contributed by atoms with Crippen molar-refractivity contribution >= 4 is 11.5 Å². The van der Waals surface area contributed by atoms with Gasteiger partial charge in [0.1, 0.15) is 23.1 Å². The monoisotopic (exact) mass is 604 g/mol. The highest BCUT2D eigenvalue weighted by Crippen LogP contribution is 2.52. The number of aromatic nitrogens is 2. The van der Waals surface area contributed by atoms with Gasteiger partial charge in [0.2, 0.25) is 5.88 Å². The Labute approximate surface area is 260 Å². The van der Waals surface area contributed by atoms with E-state index in [0.29, 0.717) is 46.1 Å². The van der Waals surface area contributed by atoms with Crippen LogP contribution in [0.5, 0.6) is 17.4 Å². The van der Waals surface area contributed by atoms with Gasteiger partial charge in [-0.1, -0.05) is 38.1 Å². The summed E-state index contributed by atoms with van der Waals surface area (Å²) in [5, 5.41) is 17.1. The van der Waals surface area contributed by atoms with E-state index in [4.69, 9.17) is 20.3 Å². The number of rotatable bonds is 7. The number of nitriles is 1. The Balaban J connectivity index is 1.57. The number of halogens is 1. The lowest BCUT2D eigenvalue weighted by atomic mass is 9.69. The molecule has 10 heteroatoms. The summed E-state index contributed by atoms with van der Waals surface area (Å²) in [6.07, 6.45) is 0.794. The zero-order chi connectivity index (χ0) is 31.9. The molecule has 45 heavy (non-hydrogen) atoms. The van der Waals surface area contributed by atoms with E-state index in [1.165, 1.54) is 12.1 Å². The number of Topliss-reactive ketones (excluding diaryl/α,β-unsaturated/α-hetero) is 1. The van der Waals surface area contributed by atoms with Crippen molar-refractivity contribution in [1.29, 1.82) is 5.26 Å². The predicted octanol–water partition coefficient (Wildman–Crippen LogP) is 6.88. The first-order valence-corrected chi connectivity index (χ1v) is 14.6. The van der Waals surface area contributed by atoms with Crippen molar-refractivity contribution in [2.75, 3.05) is 12.5 Å². The largest absolute Gasteiger partial charge is 0.497 e. The zero-order valence-corrected chi connectivity index (χ0v) is 25.5. The van der Waals surface area contributed by atoms with Crippen molar-refractivity contribution in [1.82, 2.24) is 14.8 Å². The molecular weight excluding hydrogens is 571 g/mol. The van der Waals surface area contributed by atoms with Gasteiger partial charge >= 0.3 is 0 Å². The van der Waals surface area contributed by atoms with Crippen molar-refractivity contribution < 1.29 is 18.7 Å². The molecule has 0 fully saturated rings. The SMILES string of the molecule is COc1ccc(NN2C(N)=C(C#N)C(c3c(C)nn(-c4ccccc4)c3Oc3cccc(F)c3)C3=C2CC(C)(C)CC3=O)cc1. The minimum Gasteiger partial charge on any atom is -0.497 e. The molecule has 1 unspecified atom stereocenters. The first kappa shape index (κ1) is 29.5. The van der Waals surface area contributed by atoms with Crippen LogP contribution >= 0.6 is 0 Å². The van der Waals surface area contributed by atoms with Crippen molar-refractivity contribution in [3.8, 4) is 29.1 Å². The molecule has 0 bridgehead atoms. The molecule has 4 aromatic rings. The molecule has 0 spiro atoms. The van der Waals surface area contributed by atoms with Gasteiger partial charge in [-0.2, -0.15) is 10.4 Å². The fraction of sp³-hybridized carbons (Fsp3) is 0.229. The minimum absolute atomic E-state index is 0.100. The second kappa shape index (κ2) is 11.5. The van der Waals surface area contributed by atoms with Gasteiger partial charge in [0.25, 0.3) is 0 Å². The van der Waals surface area contributed by atoms with Crippen LogP contribution in [0.1, 0.15) is 43.9 Å². The molecule has 1 aliphatic carbocycles. The number of ether oxygens (including phenoxy) is 2. The summed E-state index contributed by atoms with van der Waals surface area (Å²) in [4.78, 5) is 14.2. The van der Waals surface area contributed by atoms with E-state index in [1.807, 2.05) is 68.4 Å². The number of ketones is 1. The first-order valence-electron chi connectivity index (χ1n) is 14.6. The summed E-state index contributed by atoms with van der Waals surface area (Å²) < 4.78 is 27.6. The van der Waals surface area contributed by atoms with Gasteiger partial charge in [-0.25, -0.2) is 14.1 Å². The standard InChI is InChI=1S/C35H33FN6O3/c1-21-30(34(45-26-12-8-9-22(36)17-26)41(39-21)24-10-6-5-7-11-24)31-27(20-37)33(38)42(40-23-13-15-25(44-4)16-14-23)28-18-35(2,3)19-29(43)32(28)31/h5-17,31,40H,18-19,38H2,1-4H3. The van der Waals surface area contributed by atoms with E-state index in [9.17, 15) is 14.4 Å². The van der Waals surface area contributed by atoms with Gasteiger partial charge in [-0.05, 0) is 67.3 Å². The number of nitrogens with zero attached hydrogens (tertiary/aromatic N) is 4. The summed E-state index contributed by atoms with van der Waals surface area (Å²) in [5.74, 6) is -0.0908. The molecule has 2 heterocycles. The summed E-state index contributed by atoms with van der Waals surface area (Å²) in [5.41, 5.74) is 13.5. The van der Waals surface area contributed by atoms with Crippen molar-refractivity contribution in [3.05, 3.63) is 119 Å². The lowest BCUT2D eigenvalue weighted by molar-refractivity contribution is -0.118. The van der Waals surface area contributed by atoms with Crippen LogP contribution < -0.4 is 20.6 Å². The maximum Gasteiger partial charge on any atom is 0.227 e. The van der Waals surface area contributed by atoms with Gasteiger partial charge in [-0.3, -0.25) is 10.2 Å². The van der Waals surface area contributed by atoms with E-state index < -0.39 is 11.7 Å². The van der Waals surface area contributed by atoms with E-state index in [0.717, 1.165) is 0 Å². The van der Waals surface area contributed by atoms with Crippen LogP contribution in [0.2, 0.25) is 0 Å². The maximum atomic E-state index is 14.3. The smallest absolute Gasteiger partial charge is 0.227 e. The van der Waals surface area contributed by atoms with Gasteiger partial charge in [-0.15, -0.1) is 0 Å². The molecule has 9 nitrogen and oxygen atoms in total. The van der Waals surface area contributed by atoms with Crippen LogP contribution in [0.25, 0.3) is 5.69 Å². The van der Waals surface area contributed by atoms with E-state index >= 15 is 0 Å². The van der Waals surface area contributed by atoms with Crippen LogP contribution in [-0.4, -0.2) is 27.7 Å². The minimum atomic E-state index is -0.872. The number of carbonyl (C=O) groups excluding carboxylic acids is 1. The summed E-state index contributed by atoms with van der Waals surface area (Å²) >= 11 is 0. The van der Waals surface area contributed by atoms with E-state index in [-0.39, 0.29) is 40.6 Å². The number of hydrogen-bond acceptors (Lipinski definition) is 8. The number of anilines is 1. The van der Waals surface area contributed by atoms with Gasteiger partial charge < -0.3 is 15.2 Å². The van der Waals surface area contributed by atoms with Crippen molar-refractivity contribution in [2.45, 2.75) is 39.5 Å². The number of hydrogen-bond donors (Lipinski definition) is 2. The van der Waals surface area contributed by atoms with Gasteiger partial charge in [0, 0.05) is 18.1 Å². The fourth-order valence-corrected chi connectivity index (χ4v) is 6.05. The average molecular weight is 605 g/mol. The summed E-state index contributed by atoms with van der Waals surface area (Å²) in [6, 6.07) is 24.7. The third-order valence-electron chi connectivity index (χ3n) is 8.07. The molecular formula is C35H33FN6O3. The quantitative estimate of drug-likeness (QED) is 0.234. The molecule has 1 aromatic heterocycles. The number of para-hydroxylation sites is 1. The van der Waals surface area contributed by atoms with Crippen molar-refractivity contribution in [3.63, 3.8) is 0 Å². The Bertz CT molecular complexity index is 1890. The number of hydrazine groups is 1. The Morgan fingerprint density at radius 3 is 2.44 bits per heavy atom. The Morgan fingerprint density at radius 1 is 1.04 bits per heavy atom. The molecule has 6 rings (SSSR count). The third-order valence-corrected chi connectivity index (χ3v) is 8.07.